The molecule has 21 heavy (non-hydrogen) atoms. The number of aromatic nitrogens is 1. The van der Waals surface area contributed by atoms with Gasteiger partial charge in [0, 0.05) is 11.1 Å². The Bertz CT molecular complexity index is 784. The van der Waals surface area contributed by atoms with Crippen LogP contribution in [0.4, 0.5) is 0 Å². The minimum absolute atomic E-state index is 0.544. The Morgan fingerprint density at radius 2 is 1.81 bits per heavy atom. The number of nitrogens with zero attached hydrogens (tertiary/aromatic N) is 1. The molecule has 0 fully saturated rings. The van der Waals surface area contributed by atoms with Gasteiger partial charge in [0.25, 0.3) is 0 Å². The Morgan fingerprint density at radius 1 is 1.05 bits per heavy atom. The van der Waals surface area contributed by atoms with Gasteiger partial charge in [0.2, 0.25) is 0 Å². The number of ether oxygens (including phenoxy) is 1. The lowest BCUT2D eigenvalue weighted by molar-refractivity contribution is 0.306. The molecule has 0 aliphatic rings. The lowest BCUT2D eigenvalue weighted by Gasteiger charge is -2.11. The lowest BCUT2D eigenvalue weighted by Crippen LogP contribution is -1.96. The molecule has 0 saturated carbocycles. The van der Waals surface area contributed by atoms with Crippen LogP contribution in [0, 0.1) is 13.8 Å². The predicted molar refractivity (Wildman–Crippen MR) is 87.0 cm³/mol. The van der Waals surface area contributed by atoms with Crippen molar-refractivity contribution >= 4 is 22.5 Å². The third kappa shape index (κ3) is 3.01. The van der Waals surface area contributed by atoms with Gasteiger partial charge in [-0.3, -0.25) is 4.98 Å². The molecular formula is C18H16ClNO. The second-order valence-electron chi connectivity index (χ2n) is 5.16. The van der Waals surface area contributed by atoms with Crippen molar-refractivity contribution in [2.75, 3.05) is 0 Å². The molecule has 0 unspecified atom stereocenters. The number of hydrogen-bond acceptors (Lipinski definition) is 2. The average molecular weight is 298 g/mol. The van der Waals surface area contributed by atoms with E-state index in [4.69, 9.17) is 16.3 Å². The van der Waals surface area contributed by atoms with E-state index in [-0.39, 0.29) is 0 Å². The molecule has 2 nitrogen and oxygen atoms in total. The molecule has 0 amide bonds. The van der Waals surface area contributed by atoms with Crippen molar-refractivity contribution in [3.05, 3.63) is 70.4 Å². The van der Waals surface area contributed by atoms with Crippen LogP contribution in [-0.4, -0.2) is 4.98 Å². The largest absolute Gasteiger partial charge is 0.489 e. The molecule has 3 rings (SSSR count). The fraction of sp³-hybridized carbons (Fsp3) is 0.167. The topological polar surface area (TPSA) is 22.1 Å². The Morgan fingerprint density at radius 3 is 2.57 bits per heavy atom. The van der Waals surface area contributed by atoms with Gasteiger partial charge in [-0.25, -0.2) is 0 Å². The van der Waals surface area contributed by atoms with E-state index < -0.39 is 0 Å². The molecule has 0 aliphatic carbocycles. The zero-order valence-corrected chi connectivity index (χ0v) is 12.8. The van der Waals surface area contributed by atoms with Crippen molar-refractivity contribution in [2.24, 2.45) is 0 Å². The second-order valence-corrected chi connectivity index (χ2v) is 5.56. The highest BCUT2D eigenvalue weighted by atomic mass is 35.5. The molecule has 0 atom stereocenters. The number of benzene rings is 2. The highest BCUT2D eigenvalue weighted by Crippen LogP contribution is 2.30. The Balaban J connectivity index is 1.93. The number of halogens is 1. The van der Waals surface area contributed by atoms with Crippen LogP contribution >= 0.6 is 11.6 Å². The number of fused-ring (bicyclic) bond motifs is 1. The summed E-state index contributed by atoms with van der Waals surface area (Å²) in [6.07, 6.45) is 0. The highest BCUT2D eigenvalue weighted by Gasteiger charge is 2.08. The van der Waals surface area contributed by atoms with Gasteiger partial charge in [-0.1, -0.05) is 41.9 Å². The van der Waals surface area contributed by atoms with E-state index in [9.17, 15) is 0 Å². The van der Waals surface area contributed by atoms with E-state index in [0.29, 0.717) is 11.6 Å². The van der Waals surface area contributed by atoms with Crippen molar-refractivity contribution in [3.8, 4) is 5.75 Å². The number of aryl methyl sites for hydroxylation is 2. The molecule has 0 bridgehead atoms. The van der Waals surface area contributed by atoms with Gasteiger partial charge in [0.05, 0.1) is 10.5 Å². The summed E-state index contributed by atoms with van der Waals surface area (Å²) in [4.78, 5) is 4.56. The van der Waals surface area contributed by atoms with E-state index >= 15 is 0 Å². The van der Waals surface area contributed by atoms with Gasteiger partial charge < -0.3 is 4.74 Å². The van der Waals surface area contributed by atoms with E-state index in [1.807, 2.05) is 62.4 Å². The molecule has 0 spiro atoms. The molecule has 3 heteroatoms. The fourth-order valence-corrected chi connectivity index (χ4v) is 2.67. The van der Waals surface area contributed by atoms with Gasteiger partial charge in [0.1, 0.15) is 12.4 Å². The number of hydrogen-bond donors (Lipinski definition) is 0. The zero-order valence-electron chi connectivity index (χ0n) is 12.1. The lowest BCUT2D eigenvalue weighted by atomic mass is 10.1. The SMILES string of the molecule is Cc1cc(Cl)c2cc(OCc3ccccc3)cc(C)c2n1. The van der Waals surface area contributed by atoms with Crippen molar-refractivity contribution in [1.29, 1.82) is 0 Å². The predicted octanol–water partition coefficient (Wildman–Crippen LogP) is 5.08. The molecular weight excluding hydrogens is 282 g/mol. The summed E-state index contributed by atoms with van der Waals surface area (Å²) >= 11 is 6.33. The van der Waals surface area contributed by atoms with E-state index in [0.717, 1.165) is 33.5 Å². The van der Waals surface area contributed by atoms with Crippen LogP contribution in [0.25, 0.3) is 10.9 Å². The van der Waals surface area contributed by atoms with Crippen LogP contribution in [0.5, 0.6) is 5.75 Å². The molecule has 2 aromatic carbocycles. The number of pyridine rings is 1. The maximum atomic E-state index is 6.33. The summed E-state index contributed by atoms with van der Waals surface area (Å²) in [5, 5.41) is 1.65. The van der Waals surface area contributed by atoms with Crippen molar-refractivity contribution in [3.63, 3.8) is 0 Å². The van der Waals surface area contributed by atoms with Gasteiger partial charge in [-0.05, 0) is 43.2 Å². The van der Waals surface area contributed by atoms with E-state index in [1.54, 1.807) is 0 Å². The molecule has 3 aromatic rings. The van der Waals surface area contributed by atoms with Crippen molar-refractivity contribution in [2.45, 2.75) is 20.5 Å². The fourth-order valence-electron chi connectivity index (χ4n) is 2.37. The molecule has 0 saturated heterocycles. The first kappa shape index (κ1) is 13.9. The summed E-state index contributed by atoms with van der Waals surface area (Å²) in [7, 11) is 0. The third-order valence-electron chi connectivity index (χ3n) is 3.40. The Labute approximate surface area is 129 Å². The maximum absolute atomic E-state index is 6.33. The quantitative estimate of drug-likeness (QED) is 0.672. The average Bonchev–Trinajstić information content (AvgIpc) is 2.47. The summed E-state index contributed by atoms with van der Waals surface area (Å²) in [6.45, 7) is 4.52. The van der Waals surface area contributed by atoms with Crippen LogP contribution in [0.2, 0.25) is 5.02 Å². The second kappa shape index (κ2) is 5.74. The van der Waals surface area contributed by atoms with Gasteiger partial charge in [-0.15, -0.1) is 0 Å². The summed E-state index contributed by atoms with van der Waals surface area (Å²) in [5.74, 6) is 0.816. The van der Waals surface area contributed by atoms with Crippen molar-refractivity contribution < 1.29 is 4.74 Å². The standard InChI is InChI=1S/C18H16ClNO/c1-12-8-15(21-11-14-6-4-3-5-7-14)10-16-17(19)9-13(2)20-18(12)16/h3-10H,11H2,1-2H3. The molecule has 1 aromatic heterocycles. The highest BCUT2D eigenvalue weighted by molar-refractivity contribution is 6.35. The van der Waals surface area contributed by atoms with Gasteiger partial charge in [0.15, 0.2) is 0 Å². The minimum atomic E-state index is 0.544. The Hall–Kier alpha value is -2.06. The van der Waals surface area contributed by atoms with E-state index in [1.165, 1.54) is 0 Å². The van der Waals surface area contributed by atoms with Crippen molar-refractivity contribution in [1.82, 2.24) is 4.98 Å². The molecule has 0 aliphatic heterocycles. The Kier molecular flexibility index (Phi) is 3.80. The smallest absolute Gasteiger partial charge is 0.120 e. The van der Waals surface area contributed by atoms with Crippen LogP contribution in [-0.2, 0) is 6.61 Å². The van der Waals surface area contributed by atoms with Crippen LogP contribution in [0.15, 0.2) is 48.5 Å². The third-order valence-corrected chi connectivity index (χ3v) is 3.72. The summed E-state index contributed by atoms with van der Waals surface area (Å²) in [6, 6.07) is 16.0. The van der Waals surface area contributed by atoms with Crippen LogP contribution in [0.3, 0.4) is 0 Å². The minimum Gasteiger partial charge on any atom is -0.489 e. The molecule has 0 radical (unpaired) electrons. The molecule has 0 N–H and O–H groups in total. The first-order chi connectivity index (χ1) is 10.1. The van der Waals surface area contributed by atoms with Crippen LogP contribution in [0.1, 0.15) is 16.8 Å². The summed E-state index contributed by atoms with van der Waals surface area (Å²) in [5.41, 5.74) is 4.07. The normalized spacial score (nSPS) is 10.8. The molecule has 1 heterocycles. The summed E-state index contributed by atoms with van der Waals surface area (Å²) < 4.78 is 5.88. The molecule has 106 valence electrons. The first-order valence-electron chi connectivity index (χ1n) is 6.88. The monoisotopic (exact) mass is 297 g/mol. The van der Waals surface area contributed by atoms with E-state index in [2.05, 4.69) is 4.98 Å². The van der Waals surface area contributed by atoms with Gasteiger partial charge in [-0.2, -0.15) is 0 Å². The van der Waals surface area contributed by atoms with Gasteiger partial charge >= 0.3 is 0 Å². The van der Waals surface area contributed by atoms with Crippen LogP contribution < -0.4 is 4.74 Å². The first-order valence-corrected chi connectivity index (χ1v) is 7.25. The number of rotatable bonds is 3. The zero-order chi connectivity index (χ0) is 14.8. The maximum Gasteiger partial charge on any atom is 0.120 e.